The minimum absolute atomic E-state index is 1.12. The van der Waals surface area contributed by atoms with Crippen LogP contribution >= 0.6 is 0 Å². The summed E-state index contributed by atoms with van der Waals surface area (Å²) in [6.45, 7) is 4.52. The third-order valence-electron chi connectivity index (χ3n) is 3.19. The summed E-state index contributed by atoms with van der Waals surface area (Å²) in [7, 11) is 0. The van der Waals surface area contributed by atoms with E-state index < -0.39 is 0 Å². The van der Waals surface area contributed by atoms with Crippen LogP contribution in [0.2, 0.25) is 0 Å². The van der Waals surface area contributed by atoms with Crippen LogP contribution in [0.1, 0.15) is 97.3 Å². The van der Waals surface area contributed by atoms with Crippen LogP contribution in [0.4, 0.5) is 0 Å². The van der Waals surface area contributed by atoms with Crippen LogP contribution < -0.4 is 0 Å². The van der Waals surface area contributed by atoms with Crippen molar-refractivity contribution < 1.29 is 0 Å². The van der Waals surface area contributed by atoms with E-state index in [1.807, 2.05) is 0 Å². The van der Waals surface area contributed by atoms with E-state index in [1.165, 1.54) is 70.6 Å². The zero-order chi connectivity index (χ0) is 12.6. The Morgan fingerprint density at radius 2 is 0.824 bits per heavy atom. The molecule has 0 unspecified atom stereocenters. The average Bonchev–Trinajstić information content (AvgIpc) is 2.35. The summed E-state index contributed by atoms with van der Waals surface area (Å²) in [5.74, 6) is 6.59. The minimum Gasteiger partial charge on any atom is -0.103 e. The van der Waals surface area contributed by atoms with Crippen LogP contribution in [0.5, 0.6) is 0 Å². The van der Waals surface area contributed by atoms with Gasteiger partial charge in [0.15, 0.2) is 0 Å². The van der Waals surface area contributed by atoms with Crippen LogP contribution in [-0.2, 0) is 0 Å². The van der Waals surface area contributed by atoms with Gasteiger partial charge in [0, 0.05) is 12.8 Å². The van der Waals surface area contributed by atoms with Gasteiger partial charge in [0.2, 0.25) is 0 Å². The maximum absolute atomic E-state index is 3.31. The lowest BCUT2D eigenvalue weighted by molar-refractivity contribution is 0.579. The predicted molar refractivity (Wildman–Crippen MR) is 79.1 cm³/mol. The molecule has 0 saturated heterocycles. The largest absolute Gasteiger partial charge is 0.103 e. The van der Waals surface area contributed by atoms with E-state index >= 15 is 0 Å². The van der Waals surface area contributed by atoms with Crippen LogP contribution in [0.3, 0.4) is 0 Å². The molecule has 0 N–H and O–H groups in total. The van der Waals surface area contributed by atoms with Crippen molar-refractivity contribution in [3.05, 3.63) is 0 Å². The molecule has 0 amide bonds. The second kappa shape index (κ2) is 15.6. The summed E-state index contributed by atoms with van der Waals surface area (Å²) in [6.07, 6.45) is 17.4. The third-order valence-corrected chi connectivity index (χ3v) is 3.19. The van der Waals surface area contributed by atoms with Crippen molar-refractivity contribution in [2.75, 3.05) is 0 Å². The summed E-state index contributed by atoms with van der Waals surface area (Å²) in [6, 6.07) is 0. The lowest BCUT2D eigenvalue weighted by Gasteiger charge is -1.99. The second-order valence-corrected chi connectivity index (χ2v) is 5.04. The SMILES string of the molecule is CCCCCC#CCCCCCCCCCC. The fraction of sp³-hybridized carbons (Fsp3) is 0.882. The molecule has 0 fully saturated rings. The number of hydrogen-bond donors (Lipinski definition) is 0. The van der Waals surface area contributed by atoms with Crippen molar-refractivity contribution in [2.24, 2.45) is 0 Å². The average molecular weight is 236 g/mol. The highest BCUT2D eigenvalue weighted by molar-refractivity contribution is 4.98. The maximum atomic E-state index is 3.31. The molecule has 0 heterocycles. The smallest absolute Gasteiger partial charge is 0.00886 e. The molecule has 0 aromatic rings. The molecule has 0 aromatic heterocycles. The first kappa shape index (κ1) is 16.6. The van der Waals surface area contributed by atoms with Crippen molar-refractivity contribution in [1.29, 1.82) is 0 Å². The molecule has 0 atom stereocenters. The Bertz CT molecular complexity index is 182. The van der Waals surface area contributed by atoms with E-state index in [-0.39, 0.29) is 0 Å². The lowest BCUT2D eigenvalue weighted by atomic mass is 10.1. The lowest BCUT2D eigenvalue weighted by Crippen LogP contribution is -1.80. The molecule has 0 spiro atoms. The van der Waals surface area contributed by atoms with E-state index in [0.717, 1.165) is 12.8 Å². The fourth-order valence-electron chi connectivity index (χ4n) is 1.99. The molecular formula is C17H32. The summed E-state index contributed by atoms with van der Waals surface area (Å²) in [5, 5.41) is 0. The number of unbranched alkanes of at least 4 members (excludes halogenated alkanes) is 11. The first-order chi connectivity index (χ1) is 8.41. The van der Waals surface area contributed by atoms with Gasteiger partial charge in [0.25, 0.3) is 0 Å². The quantitative estimate of drug-likeness (QED) is 0.300. The maximum Gasteiger partial charge on any atom is 0.00886 e. The van der Waals surface area contributed by atoms with Crippen molar-refractivity contribution in [3.63, 3.8) is 0 Å². The molecule has 100 valence electrons. The molecule has 0 aliphatic carbocycles. The summed E-state index contributed by atoms with van der Waals surface area (Å²) >= 11 is 0. The Morgan fingerprint density at radius 1 is 0.471 bits per heavy atom. The van der Waals surface area contributed by atoms with E-state index in [0.29, 0.717) is 0 Å². The highest BCUT2D eigenvalue weighted by atomic mass is 14.0. The first-order valence-electron chi connectivity index (χ1n) is 7.87. The molecular weight excluding hydrogens is 204 g/mol. The molecule has 0 heteroatoms. The molecule has 0 bridgehead atoms. The van der Waals surface area contributed by atoms with Crippen LogP contribution in [0, 0.1) is 11.8 Å². The van der Waals surface area contributed by atoms with Crippen molar-refractivity contribution in [2.45, 2.75) is 97.3 Å². The van der Waals surface area contributed by atoms with E-state index in [1.54, 1.807) is 0 Å². The molecule has 0 radical (unpaired) electrons. The standard InChI is InChI=1S/C17H32/c1-3-5-7-9-11-13-15-17-16-14-12-10-8-6-4-2/h3-11,13,15-17H2,1-2H3. The van der Waals surface area contributed by atoms with Crippen LogP contribution in [0.15, 0.2) is 0 Å². The van der Waals surface area contributed by atoms with Crippen molar-refractivity contribution >= 4 is 0 Å². The predicted octanol–water partition coefficient (Wildman–Crippen LogP) is 6.10. The van der Waals surface area contributed by atoms with Gasteiger partial charge in [-0.1, -0.05) is 71.6 Å². The summed E-state index contributed by atoms with van der Waals surface area (Å²) < 4.78 is 0. The van der Waals surface area contributed by atoms with Gasteiger partial charge in [-0.3, -0.25) is 0 Å². The highest BCUT2D eigenvalue weighted by Gasteiger charge is 1.90. The summed E-state index contributed by atoms with van der Waals surface area (Å²) in [5.41, 5.74) is 0. The van der Waals surface area contributed by atoms with Gasteiger partial charge in [0.1, 0.15) is 0 Å². The van der Waals surface area contributed by atoms with E-state index in [2.05, 4.69) is 25.7 Å². The van der Waals surface area contributed by atoms with E-state index in [4.69, 9.17) is 0 Å². The fourth-order valence-corrected chi connectivity index (χ4v) is 1.99. The van der Waals surface area contributed by atoms with Crippen LogP contribution in [0.25, 0.3) is 0 Å². The highest BCUT2D eigenvalue weighted by Crippen LogP contribution is 2.09. The Morgan fingerprint density at radius 3 is 1.35 bits per heavy atom. The van der Waals surface area contributed by atoms with Crippen molar-refractivity contribution in [1.82, 2.24) is 0 Å². The topological polar surface area (TPSA) is 0 Å². The zero-order valence-corrected chi connectivity index (χ0v) is 12.2. The Balaban J connectivity index is 3.02. The molecule has 0 aliphatic heterocycles. The van der Waals surface area contributed by atoms with Gasteiger partial charge < -0.3 is 0 Å². The number of rotatable bonds is 11. The van der Waals surface area contributed by atoms with E-state index in [9.17, 15) is 0 Å². The van der Waals surface area contributed by atoms with Crippen LogP contribution in [-0.4, -0.2) is 0 Å². The molecule has 0 aliphatic rings. The molecule has 17 heavy (non-hydrogen) atoms. The molecule has 0 nitrogen and oxygen atoms in total. The molecule has 0 rings (SSSR count). The van der Waals surface area contributed by atoms with Gasteiger partial charge in [-0.2, -0.15) is 0 Å². The minimum atomic E-state index is 1.12. The van der Waals surface area contributed by atoms with Gasteiger partial charge in [-0.25, -0.2) is 0 Å². The summed E-state index contributed by atoms with van der Waals surface area (Å²) in [4.78, 5) is 0. The Kier molecular flexibility index (Phi) is 15.2. The van der Waals surface area contributed by atoms with Gasteiger partial charge in [-0.15, -0.1) is 11.8 Å². The first-order valence-corrected chi connectivity index (χ1v) is 7.87. The van der Waals surface area contributed by atoms with Gasteiger partial charge >= 0.3 is 0 Å². The van der Waals surface area contributed by atoms with Gasteiger partial charge in [0.05, 0.1) is 0 Å². The van der Waals surface area contributed by atoms with Gasteiger partial charge in [-0.05, 0) is 12.8 Å². The zero-order valence-electron chi connectivity index (χ0n) is 12.2. The monoisotopic (exact) mass is 236 g/mol. The second-order valence-electron chi connectivity index (χ2n) is 5.04. The normalized spacial score (nSPS) is 10.0. The molecule has 0 aromatic carbocycles. The Labute approximate surface area is 110 Å². The Hall–Kier alpha value is -0.440. The third kappa shape index (κ3) is 15.6. The van der Waals surface area contributed by atoms with Crippen molar-refractivity contribution in [3.8, 4) is 11.8 Å². The molecule has 0 saturated carbocycles. The number of hydrogen-bond acceptors (Lipinski definition) is 0.